The summed E-state index contributed by atoms with van der Waals surface area (Å²) in [5, 5.41) is 12.2. The van der Waals surface area contributed by atoms with Gasteiger partial charge in [0, 0.05) is 25.2 Å². The van der Waals surface area contributed by atoms with Crippen molar-refractivity contribution in [3.63, 3.8) is 0 Å². The third-order valence-electron chi connectivity index (χ3n) is 3.84. The molecule has 1 aromatic carbocycles. The van der Waals surface area contributed by atoms with Crippen molar-refractivity contribution in [3.05, 3.63) is 35.6 Å². The second-order valence-corrected chi connectivity index (χ2v) is 5.25. The second-order valence-electron chi connectivity index (χ2n) is 5.25. The Morgan fingerprint density at radius 2 is 2.10 bits per heavy atom. The van der Waals surface area contributed by atoms with Crippen LogP contribution in [0.2, 0.25) is 0 Å². The molecule has 1 unspecified atom stereocenters. The van der Waals surface area contributed by atoms with E-state index in [2.05, 4.69) is 5.32 Å². The number of nitrogens with zero attached hydrogens (tertiary/aromatic N) is 1. The molecule has 110 valence electrons. The monoisotopic (exact) mass is 280 g/mol. The fourth-order valence-corrected chi connectivity index (χ4v) is 2.41. The average Bonchev–Trinajstić information content (AvgIpc) is 2.46. The van der Waals surface area contributed by atoms with Gasteiger partial charge in [0.1, 0.15) is 5.82 Å². The van der Waals surface area contributed by atoms with Crippen molar-refractivity contribution >= 4 is 5.91 Å². The predicted molar refractivity (Wildman–Crippen MR) is 74.5 cm³/mol. The minimum atomic E-state index is -0.304. The quantitative estimate of drug-likeness (QED) is 0.874. The fourth-order valence-electron chi connectivity index (χ4n) is 2.41. The highest BCUT2D eigenvalue weighted by atomic mass is 19.1. The molecule has 1 amide bonds. The maximum Gasteiger partial charge on any atom is 0.237 e. The van der Waals surface area contributed by atoms with Crippen LogP contribution in [-0.4, -0.2) is 41.1 Å². The van der Waals surface area contributed by atoms with E-state index < -0.39 is 0 Å². The van der Waals surface area contributed by atoms with E-state index in [1.54, 1.807) is 18.2 Å². The van der Waals surface area contributed by atoms with E-state index in [0.717, 1.165) is 13.1 Å². The summed E-state index contributed by atoms with van der Waals surface area (Å²) in [7, 11) is 0. The molecule has 1 atom stereocenters. The normalized spacial score (nSPS) is 18.8. The Bertz CT molecular complexity index is 459. The van der Waals surface area contributed by atoms with Crippen LogP contribution in [0.15, 0.2) is 24.3 Å². The van der Waals surface area contributed by atoms with E-state index in [4.69, 9.17) is 0 Å². The molecule has 1 aliphatic heterocycles. The fraction of sp³-hybridized carbons (Fsp3) is 0.533. The number of benzene rings is 1. The molecule has 20 heavy (non-hydrogen) atoms. The molecule has 1 saturated heterocycles. The number of halogens is 1. The van der Waals surface area contributed by atoms with E-state index in [0.29, 0.717) is 18.4 Å². The zero-order valence-electron chi connectivity index (χ0n) is 11.7. The molecule has 2 rings (SSSR count). The standard InChI is InChI=1S/C15H21FN2O2/c1-11(18-8-6-13(19)7-9-18)15(20)17-10-12-4-2-3-5-14(12)16/h2-5,11,13,19H,6-10H2,1H3,(H,17,20). The van der Waals surface area contributed by atoms with E-state index in [9.17, 15) is 14.3 Å². The molecule has 0 bridgehead atoms. The van der Waals surface area contributed by atoms with Crippen LogP contribution in [0, 0.1) is 5.82 Å². The number of carbonyl (C=O) groups excluding carboxylic acids is 1. The summed E-state index contributed by atoms with van der Waals surface area (Å²) in [5.74, 6) is -0.411. The Morgan fingerprint density at radius 1 is 1.45 bits per heavy atom. The van der Waals surface area contributed by atoms with Crippen molar-refractivity contribution < 1.29 is 14.3 Å². The minimum Gasteiger partial charge on any atom is -0.393 e. The molecule has 0 radical (unpaired) electrons. The largest absolute Gasteiger partial charge is 0.393 e. The molecule has 4 nitrogen and oxygen atoms in total. The summed E-state index contributed by atoms with van der Waals surface area (Å²) in [6, 6.07) is 6.17. The topological polar surface area (TPSA) is 52.6 Å². The average molecular weight is 280 g/mol. The van der Waals surface area contributed by atoms with Crippen LogP contribution in [0.4, 0.5) is 4.39 Å². The van der Waals surface area contributed by atoms with Crippen molar-refractivity contribution in [3.8, 4) is 0 Å². The zero-order valence-corrected chi connectivity index (χ0v) is 11.7. The number of aliphatic hydroxyl groups is 1. The third-order valence-corrected chi connectivity index (χ3v) is 3.84. The number of aliphatic hydroxyl groups excluding tert-OH is 1. The van der Waals surface area contributed by atoms with Gasteiger partial charge in [0.25, 0.3) is 0 Å². The molecule has 1 heterocycles. The van der Waals surface area contributed by atoms with Crippen LogP contribution in [-0.2, 0) is 11.3 Å². The molecule has 5 heteroatoms. The number of hydrogen-bond donors (Lipinski definition) is 2. The van der Waals surface area contributed by atoms with Crippen LogP contribution < -0.4 is 5.32 Å². The lowest BCUT2D eigenvalue weighted by Crippen LogP contribution is -2.48. The zero-order chi connectivity index (χ0) is 14.5. The van der Waals surface area contributed by atoms with Crippen molar-refractivity contribution in [2.75, 3.05) is 13.1 Å². The van der Waals surface area contributed by atoms with Gasteiger partial charge in [-0.15, -0.1) is 0 Å². The third kappa shape index (κ3) is 3.77. The van der Waals surface area contributed by atoms with Gasteiger partial charge in [0.2, 0.25) is 5.91 Å². The summed E-state index contributed by atoms with van der Waals surface area (Å²) >= 11 is 0. The summed E-state index contributed by atoms with van der Waals surface area (Å²) in [6.45, 7) is 3.48. The first-order valence-electron chi connectivity index (χ1n) is 7.01. The van der Waals surface area contributed by atoms with Crippen molar-refractivity contribution in [1.29, 1.82) is 0 Å². The number of rotatable bonds is 4. The maximum atomic E-state index is 13.4. The van der Waals surface area contributed by atoms with Gasteiger partial charge in [0.15, 0.2) is 0 Å². The molecule has 1 aromatic rings. The van der Waals surface area contributed by atoms with Gasteiger partial charge in [-0.25, -0.2) is 4.39 Å². The molecule has 0 aromatic heterocycles. The Labute approximate surface area is 118 Å². The molecule has 0 aliphatic carbocycles. The minimum absolute atomic E-state index is 0.107. The summed E-state index contributed by atoms with van der Waals surface area (Å²) in [6.07, 6.45) is 1.15. The lowest BCUT2D eigenvalue weighted by molar-refractivity contribution is -0.126. The summed E-state index contributed by atoms with van der Waals surface area (Å²) in [5.41, 5.74) is 0.488. The number of likely N-dealkylation sites (tertiary alicyclic amines) is 1. The van der Waals surface area contributed by atoms with E-state index in [1.165, 1.54) is 6.07 Å². The first-order chi connectivity index (χ1) is 9.58. The van der Waals surface area contributed by atoms with E-state index >= 15 is 0 Å². The molecule has 2 N–H and O–H groups in total. The Balaban J connectivity index is 1.84. The van der Waals surface area contributed by atoms with Crippen LogP contribution in [0.5, 0.6) is 0 Å². The van der Waals surface area contributed by atoms with Gasteiger partial charge in [-0.2, -0.15) is 0 Å². The van der Waals surface area contributed by atoms with Gasteiger partial charge in [-0.05, 0) is 25.8 Å². The lowest BCUT2D eigenvalue weighted by Gasteiger charge is -2.33. The molecule has 1 aliphatic rings. The van der Waals surface area contributed by atoms with Crippen LogP contribution in [0.1, 0.15) is 25.3 Å². The van der Waals surface area contributed by atoms with Gasteiger partial charge < -0.3 is 10.4 Å². The molecular weight excluding hydrogens is 259 g/mol. The van der Waals surface area contributed by atoms with Crippen molar-refractivity contribution in [2.45, 2.75) is 38.5 Å². The Morgan fingerprint density at radius 3 is 2.75 bits per heavy atom. The van der Waals surface area contributed by atoms with Gasteiger partial charge in [-0.1, -0.05) is 18.2 Å². The van der Waals surface area contributed by atoms with Gasteiger partial charge in [0.05, 0.1) is 12.1 Å². The number of carbonyl (C=O) groups is 1. The second kappa shape index (κ2) is 6.81. The molecule has 1 fully saturated rings. The lowest BCUT2D eigenvalue weighted by atomic mass is 10.1. The van der Waals surface area contributed by atoms with Crippen LogP contribution in [0.25, 0.3) is 0 Å². The number of piperidine rings is 1. The predicted octanol–water partition coefficient (Wildman–Crippen LogP) is 1.29. The molecule has 0 spiro atoms. The SMILES string of the molecule is CC(C(=O)NCc1ccccc1F)N1CCC(O)CC1. The maximum absolute atomic E-state index is 13.4. The van der Waals surface area contributed by atoms with Crippen LogP contribution >= 0.6 is 0 Å². The Hall–Kier alpha value is -1.46. The van der Waals surface area contributed by atoms with Crippen molar-refractivity contribution in [1.82, 2.24) is 10.2 Å². The van der Waals surface area contributed by atoms with Gasteiger partial charge >= 0.3 is 0 Å². The first kappa shape index (κ1) is 14.9. The summed E-state index contributed by atoms with van der Waals surface area (Å²) < 4.78 is 13.4. The van der Waals surface area contributed by atoms with Crippen molar-refractivity contribution in [2.24, 2.45) is 0 Å². The summed E-state index contributed by atoms with van der Waals surface area (Å²) in [4.78, 5) is 14.1. The van der Waals surface area contributed by atoms with Gasteiger partial charge in [-0.3, -0.25) is 9.69 Å². The highest BCUT2D eigenvalue weighted by Gasteiger charge is 2.25. The van der Waals surface area contributed by atoms with Crippen LogP contribution in [0.3, 0.4) is 0 Å². The number of amides is 1. The highest BCUT2D eigenvalue weighted by Crippen LogP contribution is 2.13. The number of hydrogen-bond acceptors (Lipinski definition) is 3. The number of nitrogens with one attached hydrogen (secondary N) is 1. The molecular formula is C15H21FN2O2. The molecule has 0 saturated carbocycles. The first-order valence-corrected chi connectivity index (χ1v) is 7.01. The Kier molecular flexibility index (Phi) is 5.09. The smallest absolute Gasteiger partial charge is 0.237 e. The van der Waals surface area contributed by atoms with E-state index in [1.807, 2.05) is 11.8 Å². The highest BCUT2D eigenvalue weighted by molar-refractivity contribution is 5.81. The van der Waals surface area contributed by atoms with E-state index in [-0.39, 0.29) is 30.4 Å².